The largest absolute Gasteiger partial charge is 0.475 e. The van der Waals surface area contributed by atoms with E-state index >= 15 is 0 Å². The SMILES string of the molecule is NCCCC(=O)NCCOc1ncccc1Cl. The Labute approximate surface area is 105 Å². The number of nitrogens with one attached hydrogen (secondary N) is 1. The van der Waals surface area contributed by atoms with Crippen LogP contribution in [0.3, 0.4) is 0 Å². The van der Waals surface area contributed by atoms with Crippen molar-refractivity contribution < 1.29 is 9.53 Å². The molecule has 0 fully saturated rings. The average molecular weight is 258 g/mol. The summed E-state index contributed by atoms with van der Waals surface area (Å²) in [4.78, 5) is 15.2. The normalized spacial score (nSPS) is 10.0. The highest BCUT2D eigenvalue weighted by Crippen LogP contribution is 2.19. The second-order valence-electron chi connectivity index (χ2n) is 3.38. The van der Waals surface area contributed by atoms with Gasteiger partial charge in [0.1, 0.15) is 11.6 Å². The molecule has 0 saturated carbocycles. The highest BCUT2D eigenvalue weighted by Gasteiger charge is 2.02. The fraction of sp³-hybridized carbons (Fsp3) is 0.455. The predicted molar refractivity (Wildman–Crippen MR) is 66.0 cm³/mol. The Bertz CT molecular complexity index is 360. The number of halogens is 1. The van der Waals surface area contributed by atoms with Crippen molar-refractivity contribution in [2.24, 2.45) is 5.73 Å². The number of pyridine rings is 1. The van der Waals surface area contributed by atoms with Crippen molar-refractivity contribution in [2.45, 2.75) is 12.8 Å². The van der Waals surface area contributed by atoms with Crippen molar-refractivity contribution in [3.8, 4) is 5.88 Å². The number of hydrogen-bond acceptors (Lipinski definition) is 4. The Balaban J connectivity index is 2.16. The van der Waals surface area contributed by atoms with Crippen molar-refractivity contribution in [1.82, 2.24) is 10.3 Å². The zero-order valence-corrected chi connectivity index (χ0v) is 10.2. The lowest BCUT2D eigenvalue weighted by Gasteiger charge is -2.07. The summed E-state index contributed by atoms with van der Waals surface area (Å²) < 4.78 is 5.31. The first-order valence-electron chi connectivity index (χ1n) is 5.44. The molecule has 5 nitrogen and oxygen atoms in total. The van der Waals surface area contributed by atoms with Crippen LogP contribution in [-0.2, 0) is 4.79 Å². The summed E-state index contributed by atoms with van der Waals surface area (Å²) in [7, 11) is 0. The molecule has 0 spiro atoms. The van der Waals surface area contributed by atoms with E-state index in [9.17, 15) is 4.79 Å². The van der Waals surface area contributed by atoms with E-state index in [0.29, 0.717) is 43.4 Å². The standard InChI is InChI=1S/C11H16ClN3O2/c12-9-3-2-6-15-11(9)17-8-7-14-10(16)4-1-5-13/h2-3,6H,1,4-5,7-8,13H2,(H,14,16). The van der Waals surface area contributed by atoms with E-state index < -0.39 is 0 Å². The molecule has 1 rings (SSSR count). The summed E-state index contributed by atoms with van der Waals surface area (Å²) in [5.41, 5.74) is 5.30. The first kappa shape index (κ1) is 13.7. The van der Waals surface area contributed by atoms with Crippen molar-refractivity contribution >= 4 is 17.5 Å². The zero-order chi connectivity index (χ0) is 12.5. The van der Waals surface area contributed by atoms with Gasteiger partial charge >= 0.3 is 0 Å². The fourth-order valence-corrected chi connectivity index (χ4v) is 1.34. The maximum absolute atomic E-state index is 11.2. The van der Waals surface area contributed by atoms with Crippen LogP contribution in [0.2, 0.25) is 5.02 Å². The molecule has 1 heterocycles. The van der Waals surface area contributed by atoms with Gasteiger partial charge in [0.05, 0.1) is 6.54 Å². The van der Waals surface area contributed by atoms with Crippen molar-refractivity contribution in [3.05, 3.63) is 23.4 Å². The molecule has 0 aliphatic rings. The highest BCUT2D eigenvalue weighted by atomic mass is 35.5. The van der Waals surface area contributed by atoms with Crippen LogP contribution in [0.1, 0.15) is 12.8 Å². The van der Waals surface area contributed by atoms with Crippen LogP contribution in [0.15, 0.2) is 18.3 Å². The summed E-state index contributed by atoms with van der Waals surface area (Å²) in [6, 6.07) is 3.42. The third-order valence-corrected chi connectivity index (χ3v) is 2.28. The minimum Gasteiger partial charge on any atom is -0.475 e. The molecular formula is C11H16ClN3O2. The van der Waals surface area contributed by atoms with Gasteiger partial charge in [0.25, 0.3) is 0 Å². The molecule has 0 bridgehead atoms. The van der Waals surface area contributed by atoms with Gasteiger partial charge in [-0.1, -0.05) is 11.6 Å². The molecule has 6 heteroatoms. The molecule has 0 unspecified atom stereocenters. The Hall–Kier alpha value is -1.33. The van der Waals surface area contributed by atoms with Crippen LogP contribution in [-0.4, -0.2) is 30.6 Å². The van der Waals surface area contributed by atoms with Crippen LogP contribution in [0.5, 0.6) is 5.88 Å². The smallest absolute Gasteiger partial charge is 0.232 e. The molecule has 1 aromatic heterocycles. The molecule has 0 radical (unpaired) electrons. The summed E-state index contributed by atoms with van der Waals surface area (Å²) in [5, 5.41) is 3.18. The number of ether oxygens (including phenoxy) is 1. The molecule has 0 saturated heterocycles. The van der Waals surface area contributed by atoms with Crippen LogP contribution in [0, 0.1) is 0 Å². The number of aromatic nitrogens is 1. The van der Waals surface area contributed by atoms with E-state index in [1.807, 2.05) is 0 Å². The molecule has 1 amide bonds. The van der Waals surface area contributed by atoms with Gasteiger partial charge in [-0.15, -0.1) is 0 Å². The van der Waals surface area contributed by atoms with Crippen molar-refractivity contribution in [1.29, 1.82) is 0 Å². The molecule has 0 aromatic carbocycles. The molecule has 94 valence electrons. The van der Waals surface area contributed by atoms with Crippen LogP contribution >= 0.6 is 11.6 Å². The zero-order valence-electron chi connectivity index (χ0n) is 9.49. The molecule has 1 aromatic rings. The number of amides is 1. The lowest BCUT2D eigenvalue weighted by molar-refractivity contribution is -0.121. The monoisotopic (exact) mass is 257 g/mol. The van der Waals surface area contributed by atoms with Gasteiger partial charge in [-0.25, -0.2) is 4.98 Å². The van der Waals surface area contributed by atoms with Crippen LogP contribution in [0.25, 0.3) is 0 Å². The number of carbonyl (C=O) groups excluding carboxylic acids is 1. The van der Waals surface area contributed by atoms with E-state index in [4.69, 9.17) is 22.1 Å². The minimum absolute atomic E-state index is 0.0221. The predicted octanol–water partition coefficient (Wildman–Crippen LogP) is 0.969. The molecule has 3 N–H and O–H groups in total. The number of nitrogens with zero attached hydrogens (tertiary/aromatic N) is 1. The van der Waals surface area contributed by atoms with Gasteiger partial charge in [-0.3, -0.25) is 4.79 Å². The topological polar surface area (TPSA) is 77.2 Å². The van der Waals surface area contributed by atoms with Gasteiger partial charge in [0.15, 0.2) is 0 Å². The van der Waals surface area contributed by atoms with Gasteiger partial charge < -0.3 is 15.8 Å². The van der Waals surface area contributed by atoms with Gasteiger partial charge in [-0.2, -0.15) is 0 Å². The number of rotatable bonds is 7. The minimum atomic E-state index is -0.0221. The molecule has 0 aliphatic heterocycles. The number of hydrogen-bond donors (Lipinski definition) is 2. The van der Waals surface area contributed by atoms with E-state index in [1.54, 1.807) is 18.3 Å². The molecular weight excluding hydrogens is 242 g/mol. The summed E-state index contributed by atoms with van der Waals surface area (Å²) >= 11 is 5.85. The second-order valence-corrected chi connectivity index (χ2v) is 3.79. The van der Waals surface area contributed by atoms with E-state index in [1.165, 1.54) is 0 Å². The summed E-state index contributed by atoms with van der Waals surface area (Å²) in [5.74, 6) is 0.358. The number of nitrogens with two attached hydrogens (primary N) is 1. The van der Waals surface area contributed by atoms with E-state index in [2.05, 4.69) is 10.3 Å². The molecule has 0 atom stereocenters. The second kappa shape index (κ2) is 7.86. The van der Waals surface area contributed by atoms with E-state index in [0.717, 1.165) is 0 Å². The summed E-state index contributed by atoms with van der Waals surface area (Å²) in [6.07, 6.45) is 2.74. The Morgan fingerprint density at radius 1 is 1.59 bits per heavy atom. The quantitative estimate of drug-likeness (QED) is 0.714. The maximum Gasteiger partial charge on any atom is 0.232 e. The Morgan fingerprint density at radius 3 is 3.12 bits per heavy atom. The third-order valence-electron chi connectivity index (χ3n) is 2.00. The fourth-order valence-electron chi connectivity index (χ4n) is 1.17. The Kier molecular flexibility index (Phi) is 6.35. The third kappa shape index (κ3) is 5.51. The van der Waals surface area contributed by atoms with Crippen LogP contribution < -0.4 is 15.8 Å². The van der Waals surface area contributed by atoms with E-state index in [-0.39, 0.29) is 5.91 Å². The number of carbonyl (C=O) groups is 1. The van der Waals surface area contributed by atoms with Crippen molar-refractivity contribution in [2.75, 3.05) is 19.7 Å². The Morgan fingerprint density at radius 2 is 2.41 bits per heavy atom. The van der Waals surface area contributed by atoms with Crippen LogP contribution in [0.4, 0.5) is 0 Å². The van der Waals surface area contributed by atoms with Crippen molar-refractivity contribution in [3.63, 3.8) is 0 Å². The lowest BCUT2D eigenvalue weighted by atomic mass is 10.3. The van der Waals surface area contributed by atoms with Gasteiger partial charge in [-0.05, 0) is 25.1 Å². The maximum atomic E-state index is 11.2. The molecule has 0 aliphatic carbocycles. The molecule has 17 heavy (non-hydrogen) atoms. The van der Waals surface area contributed by atoms with Gasteiger partial charge in [0.2, 0.25) is 11.8 Å². The first-order chi connectivity index (χ1) is 8.24. The summed E-state index contributed by atoms with van der Waals surface area (Å²) in [6.45, 7) is 1.29. The van der Waals surface area contributed by atoms with Gasteiger partial charge in [0, 0.05) is 12.6 Å². The average Bonchev–Trinajstić information content (AvgIpc) is 2.34. The first-order valence-corrected chi connectivity index (χ1v) is 5.82. The highest BCUT2D eigenvalue weighted by molar-refractivity contribution is 6.31. The lowest BCUT2D eigenvalue weighted by Crippen LogP contribution is -2.28.